The normalized spacial score (nSPS) is 11.9. The Labute approximate surface area is 271 Å². The van der Waals surface area contributed by atoms with E-state index in [0.717, 1.165) is 42.9 Å². The Morgan fingerprint density at radius 1 is 0.932 bits per heavy atom. The van der Waals surface area contributed by atoms with Crippen molar-refractivity contribution in [3.63, 3.8) is 0 Å². The van der Waals surface area contributed by atoms with E-state index >= 15 is 0 Å². The number of nitrogens with zero attached hydrogens (tertiary/aromatic N) is 1. The van der Waals surface area contributed by atoms with Gasteiger partial charge in [0.25, 0.3) is 0 Å². The summed E-state index contributed by atoms with van der Waals surface area (Å²) in [5, 5.41) is 12.6. The molecular weight excluding hydrogens is 760 g/mol. The molecule has 0 bridgehead atoms. The van der Waals surface area contributed by atoms with Gasteiger partial charge in [0, 0.05) is 47.5 Å². The molecule has 1 N–H and O–H groups in total. The van der Waals surface area contributed by atoms with E-state index in [0.29, 0.717) is 11.5 Å². The minimum absolute atomic E-state index is 0. The summed E-state index contributed by atoms with van der Waals surface area (Å²) in [4.78, 5) is 14.8. The first-order chi connectivity index (χ1) is 20.4. The van der Waals surface area contributed by atoms with Crippen molar-refractivity contribution in [2.45, 2.75) is 39.8 Å². The van der Waals surface area contributed by atoms with Gasteiger partial charge in [0.05, 0.1) is 11.3 Å². The second-order valence-corrected chi connectivity index (χ2v) is 11.7. The van der Waals surface area contributed by atoms with Crippen LogP contribution < -0.4 is 0 Å². The Hall–Kier alpha value is -3.84. The topological polar surface area (TPSA) is 50.2 Å². The molecule has 3 nitrogen and oxygen atoms in total. The van der Waals surface area contributed by atoms with Gasteiger partial charge in [-0.3, -0.25) is 9.78 Å². The van der Waals surface area contributed by atoms with E-state index in [2.05, 4.69) is 38.1 Å². The number of fused-ring (bicyclic) bond motifs is 4. The predicted octanol–water partition coefficient (Wildman–Crippen LogP) is 10.9. The molecular formula is C36H29F3IrNO2S-. The van der Waals surface area contributed by atoms with Gasteiger partial charge in [-0.15, -0.1) is 40.5 Å². The average molecular weight is 789 g/mol. The van der Waals surface area contributed by atoms with Crippen LogP contribution in [0.5, 0.6) is 0 Å². The molecule has 0 amide bonds. The van der Waals surface area contributed by atoms with Crippen LogP contribution in [-0.2, 0) is 31.1 Å². The first-order valence-electron chi connectivity index (χ1n) is 13.7. The van der Waals surface area contributed by atoms with E-state index in [1.807, 2.05) is 30.3 Å². The minimum Gasteiger partial charge on any atom is -0.512 e. The van der Waals surface area contributed by atoms with Gasteiger partial charge >= 0.3 is 6.18 Å². The summed E-state index contributed by atoms with van der Waals surface area (Å²) in [6.45, 7) is 7.21. The van der Waals surface area contributed by atoms with Crippen molar-refractivity contribution in [1.29, 1.82) is 0 Å². The van der Waals surface area contributed by atoms with Crippen molar-refractivity contribution in [2.24, 2.45) is 0 Å². The third-order valence-electron chi connectivity index (χ3n) is 7.02. The molecule has 0 aliphatic rings. The van der Waals surface area contributed by atoms with Crippen LogP contribution in [0.2, 0.25) is 0 Å². The summed E-state index contributed by atoms with van der Waals surface area (Å²) >= 11 is 1.57. The summed E-state index contributed by atoms with van der Waals surface area (Å²) in [6.07, 6.45) is -1.45. The molecule has 0 fully saturated rings. The van der Waals surface area contributed by atoms with Crippen LogP contribution in [0.3, 0.4) is 0 Å². The van der Waals surface area contributed by atoms with Gasteiger partial charge in [-0.05, 0) is 59.9 Å². The summed E-state index contributed by atoms with van der Waals surface area (Å²) in [5.74, 6) is 0.269. The van der Waals surface area contributed by atoms with Gasteiger partial charge < -0.3 is 5.11 Å². The number of aromatic nitrogens is 1. The number of thiophene rings is 1. The van der Waals surface area contributed by atoms with Crippen LogP contribution in [0, 0.1) is 6.07 Å². The molecule has 0 spiro atoms. The molecule has 0 unspecified atom stereocenters. The zero-order chi connectivity index (χ0) is 30.9. The molecule has 227 valence electrons. The number of hydrogen-bond acceptors (Lipinski definition) is 4. The quantitative estimate of drug-likeness (QED) is 0.110. The standard InChI is InChI=1S/C31H21F3NS.C5H8O2.Ir/c1-18(2)25-16-21(15-19-7-3-4-8-22(19)25)30-29-24-12-11-20(17-28(24)36-27(29)13-14-35-30)23-9-5-6-10-26(23)31(32,33)34;1-4(6)3-5(2)7;/h3-14,16-18H,1-2H3;3,6H,1-2H3;/q-1;;/b;4-3-;. The van der Waals surface area contributed by atoms with E-state index in [1.165, 1.54) is 43.0 Å². The number of ketones is 1. The third-order valence-corrected chi connectivity index (χ3v) is 8.14. The zero-order valence-corrected chi connectivity index (χ0v) is 27.6. The number of carbonyl (C=O) groups excluding carboxylic acids is 1. The number of aliphatic hydroxyl groups excluding tert-OH is 1. The van der Waals surface area contributed by atoms with Crippen molar-refractivity contribution in [3.05, 3.63) is 114 Å². The molecule has 6 rings (SSSR count). The van der Waals surface area contributed by atoms with Gasteiger partial charge in [0.2, 0.25) is 0 Å². The number of alkyl halides is 3. The van der Waals surface area contributed by atoms with Crippen molar-refractivity contribution >= 4 is 48.1 Å². The Morgan fingerprint density at radius 3 is 2.30 bits per heavy atom. The molecule has 0 aliphatic heterocycles. The van der Waals surface area contributed by atoms with E-state index < -0.39 is 11.7 Å². The number of rotatable bonds is 4. The van der Waals surface area contributed by atoms with Gasteiger partial charge in [-0.2, -0.15) is 13.2 Å². The Kier molecular flexibility index (Phi) is 10.1. The van der Waals surface area contributed by atoms with Crippen LogP contribution in [0.15, 0.2) is 96.9 Å². The number of pyridine rings is 1. The van der Waals surface area contributed by atoms with E-state index in [1.54, 1.807) is 29.7 Å². The summed E-state index contributed by atoms with van der Waals surface area (Å²) in [5.41, 5.74) is 3.12. The van der Waals surface area contributed by atoms with Gasteiger partial charge in [-0.25, -0.2) is 0 Å². The third kappa shape index (κ3) is 6.94. The maximum Gasteiger partial charge on any atom is 0.417 e. The Balaban J connectivity index is 0.000000497. The zero-order valence-electron chi connectivity index (χ0n) is 24.4. The SMILES string of the molecule is CC(=O)/C=C(/C)O.CC(C)c1cc(-c2nccc3sc4cc(-c5ccccc5C(F)(F)F)ccc4c23)[c-]c2ccccc12.[Ir]. The van der Waals surface area contributed by atoms with Crippen LogP contribution in [-0.4, -0.2) is 15.9 Å². The minimum atomic E-state index is -4.41. The van der Waals surface area contributed by atoms with Crippen LogP contribution in [0.4, 0.5) is 13.2 Å². The van der Waals surface area contributed by atoms with Crippen molar-refractivity contribution in [1.82, 2.24) is 4.98 Å². The number of aliphatic hydroxyl groups is 1. The summed E-state index contributed by atoms with van der Waals surface area (Å²) < 4.78 is 42.9. The van der Waals surface area contributed by atoms with E-state index in [9.17, 15) is 18.0 Å². The maximum absolute atomic E-state index is 13.6. The molecule has 8 heteroatoms. The molecule has 2 aromatic heterocycles. The Morgan fingerprint density at radius 2 is 1.64 bits per heavy atom. The number of halogens is 3. The molecule has 2 heterocycles. The van der Waals surface area contributed by atoms with Gasteiger partial charge in [-0.1, -0.05) is 73.3 Å². The first kappa shape index (κ1) is 33.1. The van der Waals surface area contributed by atoms with Crippen molar-refractivity contribution in [3.8, 4) is 22.4 Å². The molecule has 6 aromatic rings. The molecule has 0 saturated carbocycles. The summed E-state index contributed by atoms with van der Waals surface area (Å²) in [7, 11) is 0. The fourth-order valence-electron chi connectivity index (χ4n) is 5.23. The van der Waals surface area contributed by atoms with Gasteiger partial charge in [0.15, 0.2) is 5.78 Å². The fourth-order valence-corrected chi connectivity index (χ4v) is 6.37. The molecule has 0 atom stereocenters. The largest absolute Gasteiger partial charge is 0.512 e. The Bertz CT molecular complexity index is 2010. The van der Waals surface area contributed by atoms with Gasteiger partial charge in [0.1, 0.15) is 0 Å². The average Bonchev–Trinajstić information content (AvgIpc) is 3.34. The van der Waals surface area contributed by atoms with Crippen LogP contribution in [0.25, 0.3) is 53.3 Å². The number of allylic oxidation sites excluding steroid dienone is 2. The van der Waals surface area contributed by atoms with Crippen LogP contribution >= 0.6 is 11.3 Å². The number of carbonyl (C=O) groups is 1. The first-order valence-corrected chi connectivity index (χ1v) is 14.6. The van der Waals surface area contributed by atoms with Crippen molar-refractivity contribution < 1.29 is 43.2 Å². The fraction of sp³-hybridized carbons (Fsp3) is 0.167. The van der Waals surface area contributed by atoms with Crippen molar-refractivity contribution in [2.75, 3.05) is 0 Å². The number of benzene rings is 4. The maximum atomic E-state index is 13.6. The second-order valence-electron chi connectivity index (χ2n) is 10.6. The second kappa shape index (κ2) is 13.4. The predicted molar refractivity (Wildman–Crippen MR) is 170 cm³/mol. The van der Waals surface area contributed by atoms with E-state index in [4.69, 9.17) is 10.1 Å². The smallest absolute Gasteiger partial charge is 0.417 e. The number of hydrogen-bond donors (Lipinski definition) is 1. The molecule has 0 aliphatic carbocycles. The monoisotopic (exact) mass is 789 g/mol. The molecule has 1 radical (unpaired) electrons. The van der Waals surface area contributed by atoms with E-state index in [-0.39, 0.29) is 37.2 Å². The molecule has 4 aromatic carbocycles. The molecule has 0 saturated heterocycles. The summed E-state index contributed by atoms with van der Waals surface area (Å²) in [6, 6.07) is 27.2. The molecule has 44 heavy (non-hydrogen) atoms. The van der Waals surface area contributed by atoms with Crippen LogP contribution in [0.1, 0.15) is 44.7 Å².